The first kappa shape index (κ1) is 14.0. The third kappa shape index (κ3) is 3.10. The number of aromatic nitrogens is 2. The number of aryl methyl sites for hydroxylation is 2. The van der Waals surface area contributed by atoms with Crippen LogP contribution in [0.5, 0.6) is 0 Å². The summed E-state index contributed by atoms with van der Waals surface area (Å²) in [6.45, 7) is 5.79. The Labute approximate surface area is 119 Å². The van der Waals surface area contributed by atoms with Gasteiger partial charge in [0.25, 0.3) is 0 Å². The maximum Gasteiger partial charge on any atom is 0.350 e. The highest BCUT2D eigenvalue weighted by molar-refractivity contribution is 7.17. The second kappa shape index (κ2) is 5.66. The van der Waals surface area contributed by atoms with Gasteiger partial charge in [0.1, 0.15) is 9.88 Å². The van der Waals surface area contributed by atoms with Gasteiger partial charge in [0.2, 0.25) is 0 Å². The lowest BCUT2D eigenvalue weighted by Gasteiger charge is -2.08. The van der Waals surface area contributed by atoms with Crippen LogP contribution in [-0.4, -0.2) is 23.0 Å². The Balaban J connectivity index is 2.13. The minimum atomic E-state index is -0.346. The maximum atomic E-state index is 11.5. The zero-order valence-corrected chi connectivity index (χ0v) is 12.8. The lowest BCUT2D eigenvalue weighted by Crippen LogP contribution is -2.05. The van der Waals surface area contributed by atoms with E-state index in [-0.39, 0.29) is 12.0 Å². The van der Waals surface area contributed by atoms with E-state index in [1.807, 2.05) is 19.2 Å². The monoisotopic (exact) mass is 297 g/mol. The summed E-state index contributed by atoms with van der Waals surface area (Å²) in [5.41, 5.74) is 1.70. The van der Waals surface area contributed by atoms with Crippen LogP contribution in [0.1, 0.15) is 39.0 Å². The number of carbonyl (C=O) groups excluding carboxylic acids is 1. The Hall–Kier alpha value is -1.47. The van der Waals surface area contributed by atoms with Gasteiger partial charge in [-0.15, -0.1) is 11.3 Å². The van der Waals surface area contributed by atoms with Gasteiger partial charge in [0.05, 0.1) is 18.8 Å². The number of carbonyl (C=O) groups is 1. The fourth-order valence-electron chi connectivity index (χ4n) is 1.56. The minimum absolute atomic E-state index is 0.0646. The molecular formula is C12H15N3O2S2. The quantitative estimate of drug-likeness (QED) is 0.878. The average molecular weight is 297 g/mol. The van der Waals surface area contributed by atoms with Gasteiger partial charge in [-0.05, 0) is 20.8 Å². The molecule has 2 heterocycles. The van der Waals surface area contributed by atoms with E-state index >= 15 is 0 Å². The molecule has 0 saturated heterocycles. The smallest absolute Gasteiger partial charge is 0.350 e. The minimum Gasteiger partial charge on any atom is -0.465 e. The molecule has 0 amide bonds. The van der Waals surface area contributed by atoms with Crippen molar-refractivity contribution in [3.05, 3.63) is 26.7 Å². The van der Waals surface area contributed by atoms with E-state index in [2.05, 4.69) is 15.3 Å². The number of hydrogen-bond acceptors (Lipinski definition) is 7. The summed E-state index contributed by atoms with van der Waals surface area (Å²) in [7, 11) is 1.37. The number of thiazole rings is 2. The van der Waals surface area contributed by atoms with Crippen LogP contribution in [0.15, 0.2) is 5.38 Å². The van der Waals surface area contributed by atoms with Crippen molar-refractivity contribution in [1.29, 1.82) is 0 Å². The molecule has 0 spiro atoms. The molecule has 19 heavy (non-hydrogen) atoms. The highest BCUT2D eigenvalue weighted by Gasteiger charge is 2.17. The Morgan fingerprint density at radius 1 is 1.42 bits per heavy atom. The second-order valence-corrected chi connectivity index (χ2v) is 6.01. The van der Waals surface area contributed by atoms with Crippen LogP contribution in [-0.2, 0) is 4.74 Å². The number of methoxy groups -OCH3 is 1. The maximum absolute atomic E-state index is 11.5. The van der Waals surface area contributed by atoms with E-state index in [9.17, 15) is 4.79 Å². The van der Waals surface area contributed by atoms with Crippen LogP contribution < -0.4 is 5.32 Å². The molecule has 0 fully saturated rings. The van der Waals surface area contributed by atoms with E-state index < -0.39 is 0 Å². The van der Waals surface area contributed by atoms with Crippen molar-refractivity contribution in [3.63, 3.8) is 0 Å². The van der Waals surface area contributed by atoms with E-state index in [1.165, 1.54) is 18.4 Å². The summed E-state index contributed by atoms with van der Waals surface area (Å²) in [4.78, 5) is 20.8. The number of esters is 1. The summed E-state index contributed by atoms with van der Waals surface area (Å²) >= 11 is 2.91. The fourth-order valence-corrected chi connectivity index (χ4v) is 3.33. The lowest BCUT2D eigenvalue weighted by atomic mass is 10.3. The van der Waals surface area contributed by atoms with Gasteiger partial charge in [-0.25, -0.2) is 14.8 Å². The molecule has 0 aliphatic rings. The van der Waals surface area contributed by atoms with E-state index in [4.69, 9.17) is 4.74 Å². The fraction of sp³-hybridized carbons (Fsp3) is 0.417. The van der Waals surface area contributed by atoms with Crippen molar-refractivity contribution in [2.24, 2.45) is 0 Å². The molecule has 2 aromatic heterocycles. The van der Waals surface area contributed by atoms with Crippen molar-refractivity contribution in [3.8, 4) is 0 Å². The summed E-state index contributed by atoms with van der Waals surface area (Å²) < 4.78 is 4.72. The van der Waals surface area contributed by atoms with Crippen LogP contribution in [0.2, 0.25) is 0 Å². The first-order chi connectivity index (χ1) is 9.01. The standard InChI is InChI=1S/C12H15N3O2S2/c1-6-5-18-10(13-6)8(3)15-12-14-7(2)9(19-12)11(16)17-4/h5,8H,1-4H3,(H,14,15). The molecular weight excluding hydrogens is 282 g/mol. The number of nitrogens with one attached hydrogen (secondary N) is 1. The SMILES string of the molecule is COC(=O)c1sc(NC(C)c2nc(C)cs2)nc1C. The van der Waals surface area contributed by atoms with E-state index in [1.54, 1.807) is 18.3 Å². The van der Waals surface area contributed by atoms with Crippen LogP contribution in [0.4, 0.5) is 5.13 Å². The van der Waals surface area contributed by atoms with Crippen molar-refractivity contribution in [2.75, 3.05) is 12.4 Å². The highest BCUT2D eigenvalue weighted by atomic mass is 32.1. The Morgan fingerprint density at radius 2 is 2.16 bits per heavy atom. The molecule has 0 aliphatic carbocycles. The highest BCUT2D eigenvalue weighted by Crippen LogP contribution is 2.28. The van der Waals surface area contributed by atoms with Crippen LogP contribution in [0.25, 0.3) is 0 Å². The molecule has 2 rings (SSSR count). The molecule has 1 unspecified atom stereocenters. The first-order valence-electron chi connectivity index (χ1n) is 5.75. The number of anilines is 1. The zero-order chi connectivity index (χ0) is 14.0. The number of rotatable bonds is 4. The molecule has 0 aliphatic heterocycles. The van der Waals surface area contributed by atoms with Crippen molar-refractivity contribution in [1.82, 2.24) is 9.97 Å². The molecule has 1 N–H and O–H groups in total. The van der Waals surface area contributed by atoms with Gasteiger partial charge < -0.3 is 10.1 Å². The predicted octanol–water partition coefficient (Wildman–Crippen LogP) is 3.18. The molecule has 102 valence electrons. The normalized spacial score (nSPS) is 12.2. The first-order valence-corrected chi connectivity index (χ1v) is 7.45. The Kier molecular flexibility index (Phi) is 4.16. The molecule has 0 saturated carbocycles. The van der Waals surface area contributed by atoms with E-state index in [0.29, 0.717) is 15.7 Å². The number of ether oxygens (including phenoxy) is 1. The van der Waals surface area contributed by atoms with Gasteiger partial charge in [0.15, 0.2) is 5.13 Å². The molecule has 2 aromatic rings. The molecule has 5 nitrogen and oxygen atoms in total. The Bertz CT molecular complexity index is 592. The van der Waals surface area contributed by atoms with Gasteiger partial charge in [-0.3, -0.25) is 0 Å². The summed E-state index contributed by atoms with van der Waals surface area (Å²) in [5, 5.41) is 6.98. The predicted molar refractivity (Wildman–Crippen MR) is 77.1 cm³/mol. The van der Waals surface area contributed by atoms with Crippen molar-refractivity contribution in [2.45, 2.75) is 26.8 Å². The molecule has 7 heteroatoms. The van der Waals surface area contributed by atoms with Gasteiger partial charge >= 0.3 is 5.97 Å². The molecule has 0 bridgehead atoms. The molecule has 1 atom stereocenters. The zero-order valence-electron chi connectivity index (χ0n) is 11.2. The van der Waals surface area contributed by atoms with Gasteiger partial charge in [0, 0.05) is 11.1 Å². The lowest BCUT2D eigenvalue weighted by molar-refractivity contribution is 0.0605. The van der Waals surface area contributed by atoms with Crippen LogP contribution in [0.3, 0.4) is 0 Å². The third-order valence-corrected chi connectivity index (χ3v) is 4.73. The van der Waals surface area contributed by atoms with Crippen molar-refractivity contribution >= 4 is 33.8 Å². The van der Waals surface area contributed by atoms with Gasteiger partial charge in [-0.1, -0.05) is 11.3 Å². The molecule has 0 aromatic carbocycles. The summed E-state index contributed by atoms with van der Waals surface area (Å²) in [6, 6.07) is 0.0646. The van der Waals surface area contributed by atoms with Crippen LogP contribution in [0, 0.1) is 13.8 Å². The van der Waals surface area contributed by atoms with Gasteiger partial charge in [-0.2, -0.15) is 0 Å². The number of nitrogens with zero attached hydrogens (tertiary/aromatic N) is 2. The van der Waals surface area contributed by atoms with Crippen LogP contribution >= 0.6 is 22.7 Å². The largest absolute Gasteiger partial charge is 0.465 e. The Morgan fingerprint density at radius 3 is 2.74 bits per heavy atom. The number of hydrogen-bond donors (Lipinski definition) is 1. The van der Waals surface area contributed by atoms with E-state index in [0.717, 1.165) is 10.7 Å². The topological polar surface area (TPSA) is 64.1 Å². The third-order valence-electron chi connectivity index (χ3n) is 2.51. The summed E-state index contributed by atoms with van der Waals surface area (Å²) in [6.07, 6.45) is 0. The molecule has 0 radical (unpaired) electrons. The van der Waals surface area contributed by atoms with Crippen molar-refractivity contribution < 1.29 is 9.53 Å². The second-order valence-electron chi connectivity index (χ2n) is 4.12. The summed E-state index contributed by atoms with van der Waals surface area (Å²) in [5.74, 6) is -0.346. The average Bonchev–Trinajstić information content (AvgIpc) is 2.95.